The number of halogens is 4. The van der Waals surface area contributed by atoms with Crippen LogP contribution in [0.3, 0.4) is 0 Å². The zero-order valence-electron chi connectivity index (χ0n) is 15.3. The molecule has 0 atom stereocenters. The van der Waals surface area contributed by atoms with Crippen LogP contribution in [0.1, 0.15) is 46.8 Å². The van der Waals surface area contributed by atoms with Crippen molar-refractivity contribution in [1.29, 1.82) is 0 Å². The Balaban J connectivity index is 1.59. The second kappa shape index (κ2) is 7.13. The van der Waals surface area contributed by atoms with Crippen LogP contribution in [0, 0.1) is 5.82 Å². The molecule has 0 N–H and O–H groups in total. The van der Waals surface area contributed by atoms with E-state index in [0.717, 1.165) is 25.0 Å². The maximum Gasteiger partial charge on any atom is 0.419 e. The van der Waals surface area contributed by atoms with E-state index in [1.54, 1.807) is 35.0 Å². The Labute approximate surface area is 163 Å². The van der Waals surface area contributed by atoms with Gasteiger partial charge in [-0.1, -0.05) is 18.2 Å². The Morgan fingerprint density at radius 1 is 1.07 bits per heavy atom. The molecule has 3 aromatic rings. The first kappa shape index (κ1) is 19.4. The van der Waals surface area contributed by atoms with Crippen molar-refractivity contribution in [3.63, 3.8) is 0 Å². The number of rotatable bonds is 5. The Kier molecular flexibility index (Phi) is 4.76. The smallest absolute Gasteiger partial charge is 0.312 e. The largest absolute Gasteiger partial charge is 0.419 e. The topological polar surface area (TPSA) is 39.1 Å². The van der Waals surface area contributed by atoms with Gasteiger partial charge in [-0.15, -0.1) is 0 Å². The predicted molar refractivity (Wildman–Crippen MR) is 101 cm³/mol. The highest BCUT2D eigenvalue weighted by Crippen LogP contribution is 2.34. The molecule has 1 heterocycles. The van der Waals surface area contributed by atoms with Crippen LogP contribution < -0.4 is 5.56 Å². The number of carbonyl (C=O) groups excluding carboxylic acids is 1. The molecule has 1 fully saturated rings. The van der Waals surface area contributed by atoms with E-state index in [-0.39, 0.29) is 35.8 Å². The minimum atomic E-state index is -4.79. The second-order valence-corrected chi connectivity index (χ2v) is 7.26. The number of Topliss-reactive ketones (excluding diaryl/α,β-unsaturated/α-hetero) is 1. The van der Waals surface area contributed by atoms with Crippen LogP contribution in [0.2, 0.25) is 0 Å². The molecule has 0 spiro atoms. The third-order valence-corrected chi connectivity index (χ3v) is 5.19. The average molecular weight is 403 g/mol. The van der Waals surface area contributed by atoms with E-state index in [4.69, 9.17) is 0 Å². The Bertz CT molecular complexity index is 1160. The first-order valence-corrected chi connectivity index (χ1v) is 9.28. The van der Waals surface area contributed by atoms with E-state index in [1.807, 2.05) is 0 Å². The normalized spacial score (nSPS) is 14.3. The van der Waals surface area contributed by atoms with Crippen molar-refractivity contribution in [3.8, 4) is 0 Å². The van der Waals surface area contributed by atoms with Crippen molar-refractivity contribution in [2.75, 3.05) is 0 Å². The summed E-state index contributed by atoms with van der Waals surface area (Å²) in [5.74, 6) is -1.62. The summed E-state index contributed by atoms with van der Waals surface area (Å²) in [5, 5.41) is 0.987. The lowest BCUT2D eigenvalue weighted by Gasteiger charge is -2.11. The highest BCUT2D eigenvalue weighted by atomic mass is 19.4. The molecule has 0 bridgehead atoms. The molecule has 150 valence electrons. The third-order valence-electron chi connectivity index (χ3n) is 5.19. The molecule has 1 aliphatic carbocycles. The Hall–Kier alpha value is -2.96. The molecule has 0 radical (unpaired) electrons. The van der Waals surface area contributed by atoms with Gasteiger partial charge in [-0.3, -0.25) is 9.59 Å². The number of pyridine rings is 1. The van der Waals surface area contributed by atoms with Crippen LogP contribution in [0.15, 0.2) is 53.5 Å². The zero-order valence-corrected chi connectivity index (χ0v) is 15.3. The average Bonchev–Trinajstić information content (AvgIpc) is 3.51. The lowest BCUT2D eigenvalue weighted by molar-refractivity contribution is -0.140. The molecule has 1 aliphatic rings. The quantitative estimate of drug-likeness (QED) is 0.428. The van der Waals surface area contributed by atoms with Gasteiger partial charge in [0, 0.05) is 29.6 Å². The maximum atomic E-state index is 13.4. The van der Waals surface area contributed by atoms with E-state index in [0.29, 0.717) is 16.3 Å². The number of carbonyl (C=O) groups is 1. The lowest BCUT2D eigenvalue weighted by atomic mass is 9.97. The van der Waals surface area contributed by atoms with Crippen LogP contribution >= 0.6 is 0 Å². The van der Waals surface area contributed by atoms with Crippen LogP contribution in [0.4, 0.5) is 17.6 Å². The molecule has 0 amide bonds. The third kappa shape index (κ3) is 3.81. The van der Waals surface area contributed by atoms with Gasteiger partial charge in [-0.25, -0.2) is 4.39 Å². The molecule has 0 unspecified atom stereocenters. The molecule has 0 aliphatic heterocycles. The van der Waals surface area contributed by atoms with Crippen LogP contribution in [0.5, 0.6) is 0 Å². The molecule has 0 saturated heterocycles. The summed E-state index contributed by atoms with van der Waals surface area (Å²) in [6.07, 6.45) is -1.19. The van der Waals surface area contributed by atoms with Gasteiger partial charge in [-0.2, -0.15) is 13.2 Å². The van der Waals surface area contributed by atoms with Crippen LogP contribution in [-0.4, -0.2) is 10.4 Å². The SMILES string of the molecule is O=C(CCc1ccc(F)c(C(F)(F)F)c1)c1cccc2c(=O)n(C3CC3)ccc12. The summed E-state index contributed by atoms with van der Waals surface area (Å²) in [7, 11) is 0. The number of hydrogen-bond donors (Lipinski definition) is 0. The Morgan fingerprint density at radius 3 is 2.52 bits per heavy atom. The summed E-state index contributed by atoms with van der Waals surface area (Å²) >= 11 is 0. The molecule has 1 saturated carbocycles. The van der Waals surface area contributed by atoms with Gasteiger partial charge in [0.05, 0.1) is 5.56 Å². The van der Waals surface area contributed by atoms with Gasteiger partial charge < -0.3 is 4.57 Å². The predicted octanol–water partition coefficient (Wildman–Crippen LogP) is 5.31. The van der Waals surface area contributed by atoms with E-state index in [2.05, 4.69) is 0 Å². The van der Waals surface area contributed by atoms with Crippen molar-refractivity contribution in [1.82, 2.24) is 4.57 Å². The highest BCUT2D eigenvalue weighted by Gasteiger charge is 2.34. The first-order chi connectivity index (χ1) is 13.8. The summed E-state index contributed by atoms with van der Waals surface area (Å²) in [5.41, 5.74) is -0.898. The molecule has 29 heavy (non-hydrogen) atoms. The number of nitrogens with zero attached hydrogens (tertiary/aromatic N) is 1. The van der Waals surface area contributed by atoms with E-state index >= 15 is 0 Å². The van der Waals surface area contributed by atoms with Gasteiger partial charge >= 0.3 is 6.18 Å². The fourth-order valence-corrected chi connectivity index (χ4v) is 3.51. The molecule has 1 aromatic heterocycles. The summed E-state index contributed by atoms with van der Waals surface area (Å²) in [6.45, 7) is 0. The summed E-state index contributed by atoms with van der Waals surface area (Å²) < 4.78 is 53.7. The van der Waals surface area contributed by atoms with E-state index in [9.17, 15) is 27.2 Å². The van der Waals surface area contributed by atoms with Crippen molar-refractivity contribution < 1.29 is 22.4 Å². The number of alkyl halides is 3. The van der Waals surface area contributed by atoms with Gasteiger partial charge in [0.2, 0.25) is 0 Å². The second-order valence-electron chi connectivity index (χ2n) is 7.26. The monoisotopic (exact) mass is 403 g/mol. The number of hydrogen-bond acceptors (Lipinski definition) is 2. The van der Waals surface area contributed by atoms with E-state index < -0.39 is 17.6 Å². The number of aryl methyl sites for hydroxylation is 1. The van der Waals surface area contributed by atoms with Gasteiger partial charge in [0.25, 0.3) is 5.56 Å². The maximum absolute atomic E-state index is 13.4. The van der Waals surface area contributed by atoms with Crippen LogP contribution in [-0.2, 0) is 12.6 Å². The van der Waals surface area contributed by atoms with Crippen molar-refractivity contribution in [3.05, 3.63) is 81.5 Å². The zero-order chi connectivity index (χ0) is 20.8. The van der Waals surface area contributed by atoms with Crippen molar-refractivity contribution in [2.24, 2.45) is 0 Å². The van der Waals surface area contributed by atoms with Crippen molar-refractivity contribution in [2.45, 2.75) is 37.9 Å². The summed E-state index contributed by atoms with van der Waals surface area (Å²) in [4.78, 5) is 25.4. The molecule has 3 nitrogen and oxygen atoms in total. The fraction of sp³-hybridized carbons (Fsp3) is 0.273. The molecule has 4 rings (SSSR count). The molecular weight excluding hydrogens is 386 g/mol. The first-order valence-electron chi connectivity index (χ1n) is 9.28. The van der Waals surface area contributed by atoms with Gasteiger partial charge in [0.1, 0.15) is 5.82 Å². The van der Waals surface area contributed by atoms with Gasteiger partial charge in [0.15, 0.2) is 5.78 Å². The highest BCUT2D eigenvalue weighted by molar-refractivity contribution is 6.07. The summed E-state index contributed by atoms with van der Waals surface area (Å²) in [6, 6.07) is 9.61. The Morgan fingerprint density at radius 2 is 1.83 bits per heavy atom. The minimum absolute atomic E-state index is 0.0394. The van der Waals surface area contributed by atoms with Gasteiger partial charge in [-0.05, 0) is 54.5 Å². The van der Waals surface area contributed by atoms with Crippen LogP contribution in [0.25, 0.3) is 10.8 Å². The van der Waals surface area contributed by atoms with Crippen molar-refractivity contribution >= 4 is 16.6 Å². The molecule has 7 heteroatoms. The molecular formula is C22H17F4NO2. The molecule has 2 aromatic carbocycles. The lowest BCUT2D eigenvalue weighted by Crippen LogP contribution is -2.19. The number of fused-ring (bicyclic) bond motifs is 1. The van der Waals surface area contributed by atoms with E-state index in [1.165, 1.54) is 6.07 Å². The standard InChI is InChI=1S/C22H17F4NO2/c23-19-8-4-13(12-18(19)22(24,25)26)5-9-20(28)16-2-1-3-17-15(16)10-11-27(21(17)29)14-6-7-14/h1-4,8,10-12,14H,5-7,9H2. The number of ketones is 1. The number of aromatic nitrogens is 1. The fourth-order valence-electron chi connectivity index (χ4n) is 3.51. The minimum Gasteiger partial charge on any atom is -0.312 e. The number of benzene rings is 2.